The van der Waals surface area contributed by atoms with E-state index in [-0.39, 0.29) is 5.91 Å². The minimum Gasteiger partial charge on any atom is -0.360 e. The summed E-state index contributed by atoms with van der Waals surface area (Å²) in [5.74, 6) is 0.807. The highest BCUT2D eigenvalue weighted by Gasteiger charge is 2.08. The van der Waals surface area contributed by atoms with Crippen molar-refractivity contribution in [2.24, 2.45) is 0 Å². The zero-order valence-electron chi connectivity index (χ0n) is 9.02. The van der Waals surface area contributed by atoms with Crippen LogP contribution in [0.2, 0.25) is 0 Å². The quantitative estimate of drug-likeness (QED) is 0.834. The Bertz CT molecular complexity index is 502. The minimum absolute atomic E-state index is 0.249. The maximum absolute atomic E-state index is 11.7. The Hall–Kier alpha value is -2.17. The van der Waals surface area contributed by atoms with Gasteiger partial charge in [0.2, 0.25) is 0 Å². The summed E-state index contributed by atoms with van der Waals surface area (Å²) in [6, 6.07) is 5.15. The fourth-order valence-electron chi connectivity index (χ4n) is 1.22. The van der Waals surface area contributed by atoms with Gasteiger partial charge in [0.15, 0.2) is 5.82 Å². The number of hydrogen-bond donors (Lipinski definition) is 1. The van der Waals surface area contributed by atoms with Crippen LogP contribution in [0.25, 0.3) is 0 Å². The highest BCUT2D eigenvalue weighted by atomic mass is 16.5. The van der Waals surface area contributed by atoms with E-state index in [9.17, 15) is 4.79 Å². The number of aryl methyl sites for hydroxylation is 2. The maximum atomic E-state index is 11.7. The standard InChI is InChI=1S/C11H11N3O2/c1-7-3-4-9(6-12-7)11(15)13-10-5-8(2)16-14-10/h3-6H,1-2H3,(H,13,14,15). The van der Waals surface area contributed by atoms with Gasteiger partial charge < -0.3 is 9.84 Å². The first-order chi connectivity index (χ1) is 7.65. The Morgan fingerprint density at radius 1 is 1.38 bits per heavy atom. The summed E-state index contributed by atoms with van der Waals surface area (Å²) < 4.78 is 4.84. The molecular weight excluding hydrogens is 206 g/mol. The summed E-state index contributed by atoms with van der Waals surface area (Å²) in [7, 11) is 0. The van der Waals surface area contributed by atoms with Crippen LogP contribution in [-0.2, 0) is 0 Å². The lowest BCUT2D eigenvalue weighted by Crippen LogP contribution is -2.12. The summed E-state index contributed by atoms with van der Waals surface area (Å²) in [5, 5.41) is 6.29. The van der Waals surface area contributed by atoms with Crippen LogP contribution in [0.4, 0.5) is 5.82 Å². The average molecular weight is 217 g/mol. The van der Waals surface area contributed by atoms with E-state index >= 15 is 0 Å². The Morgan fingerprint density at radius 2 is 2.19 bits per heavy atom. The highest BCUT2D eigenvalue weighted by Crippen LogP contribution is 2.09. The normalized spacial score (nSPS) is 10.1. The van der Waals surface area contributed by atoms with Gasteiger partial charge >= 0.3 is 0 Å². The lowest BCUT2D eigenvalue weighted by molar-refractivity contribution is 0.102. The molecule has 0 fully saturated rings. The van der Waals surface area contributed by atoms with Crippen LogP contribution >= 0.6 is 0 Å². The van der Waals surface area contributed by atoms with Gasteiger partial charge in [-0.3, -0.25) is 9.78 Å². The Morgan fingerprint density at radius 3 is 2.75 bits per heavy atom. The molecule has 2 heterocycles. The van der Waals surface area contributed by atoms with Crippen molar-refractivity contribution < 1.29 is 9.32 Å². The van der Waals surface area contributed by atoms with Gasteiger partial charge in [-0.05, 0) is 26.0 Å². The first kappa shape index (κ1) is 10.4. The summed E-state index contributed by atoms with van der Waals surface area (Å²) in [5.41, 5.74) is 1.36. The largest absolute Gasteiger partial charge is 0.360 e. The number of hydrogen-bond acceptors (Lipinski definition) is 4. The van der Waals surface area contributed by atoms with Crippen molar-refractivity contribution in [1.29, 1.82) is 0 Å². The van der Waals surface area contributed by atoms with Gasteiger partial charge in [-0.15, -0.1) is 0 Å². The van der Waals surface area contributed by atoms with Crippen LogP contribution in [0.15, 0.2) is 28.9 Å². The third-order valence-corrected chi connectivity index (χ3v) is 2.04. The molecule has 2 rings (SSSR count). The van der Waals surface area contributed by atoms with Gasteiger partial charge in [-0.1, -0.05) is 5.16 Å². The van der Waals surface area contributed by atoms with Crippen molar-refractivity contribution in [1.82, 2.24) is 10.1 Å². The molecule has 0 aliphatic carbocycles. The van der Waals surface area contributed by atoms with E-state index < -0.39 is 0 Å². The average Bonchev–Trinajstić information content (AvgIpc) is 2.65. The number of anilines is 1. The first-order valence-corrected chi connectivity index (χ1v) is 4.82. The van der Waals surface area contributed by atoms with Crippen LogP contribution in [-0.4, -0.2) is 16.0 Å². The van der Waals surface area contributed by atoms with E-state index in [1.807, 2.05) is 6.92 Å². The molecule has 16 heavy (non-hydrogen) atoms. The maximum Gasteiger partial charge on any atom is 0.258 e. The van der Waals surface area contributed by atoms with Crippen molar-refractivity contribution >= 4 is 11.7 Å². The molecule has 0 spiro atoms. The summed E-state index contributed by atoms with van der Waals surface area (Å²) in [6.07, 6.45) is 1.53. The Labute approximate surface area is 92.5 Å². The van der Waals surface area contributed by atoms with Crippen LogP contribution in [0, 0.1) is 13.8 Å². The molecule has 0 aliphatic heterocycles. The number of rotatable bonds is 2. The molecule has 1 N–H and O–H groups in total. The number of carbonyl (C=O) groups is 1. The molecule has 0 radical (unpaired) electrons. The molecule has 0 atom stereocenters. The second-order valence-corrected chi connectivity index (χ2v) is 3.47. The van der Waals surface area contributed by atoms with E-state index in [1.165, 1.54) is 6.20 Å². The van der Waals surface area contributed by atoms with Crippen LogP contribution in [0.5, 0.6) is 0 Å². The zero-order valence-corrected chi connectivity index (χ0v) is 9.02. The summed E-state index contributed by atoms with van der Waals surface area (Å²) in [6.45, 7) is 3.62. The topological polar surface area (TPSA) is 68.0 Å². The number of amides is 1. The van der Waals surface area contributed by atoms with Crippen molar-refractivity contribution in [3.63, 3.8) is 0 Å². The van der Waals surface area contributed by atoms with Gasteiger partial charge in [-0.2, -0.15) is 0 Å². The number of carbonyl (C=O) groups excluding carboxylic acids is 1. The number of nitrogens with zero attached hydrogens (tertiary/aromatic N) is 2. The first-order valence-electron chi connectivity index (χ1n) is 4.82. The summed E-state index contributed by atoms with van der Waals surface area (Å²) in [4.78, 5) is 15.7. The van der Waals surface area contributed by atoms with Crippen molar-refractivity contribution in [3.8, 4) is 0 Å². The molecule has 1 amide bonds. The smallest absolute Gasteiger partial charge is 0.258 e. The Kier molecular flexibility index (Phi) is 2.68. The third-order valence-electron chi connectivity index (χ3n) is 2.04. The summed E-state index contributed by atoms with van der Waals surface area (Å²) >= 11 is 0. The molecule has 0 aliphatic rings. The monoisotopic (exact) mass is 217 g/mol. The number of nitrogens with one attached hydrogen (secondary N) is 1. The predicted molar refractivity (Wildman–Crippen MR) is 58.2 cm³/mol. The molecule has 0 bridgehead atoms. The van der Waals surface area contributed by atoms with Gasteiger partial charge in [-0.25, -0.2) is 0 Å². The van der Waals surface area contributed by atoms with Gasteiger partial charge in [0, 0.05) is 18.0 Å². The van der Waals surface area contributed by atoms with E-state index in [0.29, 0.717) is 17.1 Å². The molecule has 0 unspecified atom stereocenters. The van der Waals surface area contributed by atoms with Crippen LogP contribution < -0.4 is 5.32 Å². The number of pyridine rings is 1. The molecule has 5 heteroatoms. The molecule has 2 aromatic rings. The molecule has 82 valence electrons. The van der Waals surface area contributed by atoms with Crippen molar-refractivity contribution in [3.05, 3.63) is 41.4 Å². The molecular formula is C11H11N3O2. The fourth-order valence-corrected chi connectivity index (χ4v) is 1.22. The van der Waals surface area contributed by atoms with Crippen molar-refractivity contribution in [2.45, 2.75) is 13.8 Å². The second kappa shape index (κ2) is 4.14. The minimum atomic E-state index is -0.249. The lowest BCUT2D eigenvalue weighted by atomic mass is 10.2. The Balaban J connectivity index is 2.11. The SMILES string of the molecule is Cc1ccc(C(=O)Nc2cc(C)on2)cn1. The van der Waals surface area contributed by atoms with Crippen LogP contribution in [0.3, 0.4) is 0 Å². The van der Waals surface area contributed by atoms with E-state index in [2.05, 4.69) is 15.5 Å². The third kappa shape index (κ3) is 2.25. The second-order valence-electron chi connectivity index (χ2n) is 3.47. The molecule has 2 aromatic heterocycles. The van der Waals surface area contributed by atoms with Gasteiger partial charge in [0.05, 0.1) is 5.56 Å². The van der Waals surface area contributed by atoms with Gasteiger partial charge in [0.1, 0.15) is 5.76 Å². The molecule has 0 saturated carbocycles. The van der Waals surface area contributed by atoms with Crippen LogP contribution in [0.1, 0.15) is 21.8 Å². The molecule has 5 nitrogen and oxygen atoms in total. The van der Waals surface area contributed by atoms with E-state index in [0.717, 1.165) is 5.69 Å². The zero-order chi connectivity index (χ0) is 11.5. The van der Waals surface area contributed by atoms with E-state index in [4.69, 9.17) is 4.52 Å². The van der Waals surface area contributed by atoms with Gasteiger partial charge in [0.25, 0.3) is 5.91 Å². The molecule has 0 saturated heterocycles. The van der Waals surface area contributed by atoms with Crippen molar-refractivity contribution in [2.75, 3.05) is 5.32 Å². The highest BCUT2D eigenvalue weighted by molar-refractivity contribution is 6.03. The van der Waals surface area contributed by atoms with E-state index in [1.54, 1.807) is 25.1 Å². The number of aromatic nitrogens is 2. The lowest BCUT2D eigenvalue weighted by Gasteiger charge is -2.00. The molecule has 0 aromatic carbocycles. The fraction of sp³-hybridized carbons (Fsp3) is 0.182. The predicted octanol–water partition coefficient (Wildman–Crippen LogP) is 1.94.